The third-order valence-corrected chi connectivity index (χ3v) is 10.9. The molecule has 2 fully saturated rings. The average molecular weight is 795 g/mol. The van der Waals surface area contributed by atoms with E-state index in [2.05, 4.69) is 10.3 Å². The third kappa shape index (κ3) is 7.37. The number of fused-ring (bicyclic) bond motifs is 1. The monoisotopic (exact) mass is 794 g/mol. The lowest BCUT2D eigenvalue weighted by Crippen LogP contribution is -2.49. The normalized spacial score (nSPS) is 21.2. The van der Waals surface area contributed by atoms with Crippen molar-refractivity contribution in [3.05, 3.63) is 150 Å². The number of esters is 1. The van der Waals surface area contributed by atoms with E-state index in [0.29, 0.717) is 37.1 Å². The van der Waals surface area contributed by atoms with Gasteiger partial charge < -0.3 is 35.0 Å². The van der Waals surface area contributed by atoms with Gasteiger partial charge in [-0.3, -0.25) is 4.57 Å². The molecule has 6 aromatic rings. The van der Waals surface area contributed by atoms with Gasteiger partial charge in [0.15, 0.2) is 29.3 Å². The SMILES string of the molecule is O=C(O[C@@H]1[C@H](O)[C@@H](CO)O[C@H]1n1cnc2c(NCC(c3ccccc3)c3ccccc3)nc(N3CCC[C@@H]3C(O)(c3ccccc3)c3ccccc3)nc21)C(F)(F)F. The molecule has 2 aliphatic heterocycles. The second-order valence-electron chi connectivity index (χ2n) is 14.4. The van der Waals surface area contributed by atoms with Gasteiger partial charge in [0.25, 0.3) is 0 Å². The van der Waals surface area contributed by atoms with Gasteiger partial charge in [-0.05, 0) is 35.1 Å². The molecule has 300 valence electrons. The van der Waals surface area contributed by atoms with E-state index in [1.807, 2.05) is 126 Å². The van der Waals surface area contributed by atoms with Crippen molar-refractivity contribution in [1.82, 2.24) is 19.5 Å². The molecular formula is C43H41F3N6O6. The first kappa shape index (κ1) is 39.0. The predicted molar refractivity (Wildman–Crippen MR) is 208 cm³/mol. The molecule has 0 radical (unpaired) electrons. The summed E-state index contributed by atoms with van der Waals surface area (Å²) in [5.41, 5.74) is 2.16. The first-order valence-corrected chi connectivity index (χ1v) is 19.0. The molecule has 0 saturated carbocycles. The Morgan fingerprint density at radius 1 is 0.879 bits per heavy atom. The van der Waals surface area contributed by atoms with Crippen LogP contribution in [0.2, 0.25) is 0 Å². The number of anilines is 2. The lowest BCUT2D eigenvalue weighted by atomic mass is 9.79. The molecule has 0 aliphatic carbocycles. The third-order valence-electron chi connectivity index (χ3n) is 10.9. The first-order chi connectivity index (χ1) is 28.1. The smallest absolute Gasteiger partial charge is 0.448 e. The van der Waals surface area contributed by atoms with Crippen molar-refractivity contribution < 1.29 is 42.8 Å². The first-order valence-electron chi connectivity index (χ1n) is 19.0. The van der Waals surface area contributed by atoms with Crippen molar-refractivity contribution >= 4 is 28.9 Å². The zero-order chi connectivity index (χ0) is 40.4. The number of nitrogens with zero attached hydrogens (tertiary/aromatic N) is 5. The minimum atomic E-state index is -5.36. The van der Waals surface area contributed by atoms with Gasteiger partial charge in [0, 0.05) is 19.0 Å². The summed E-state index contributed by atoms with van der Waals surface area (Å²) in [7, 11) is 0. The quantitative estimate of drug-likeness (QED) is 0.113. The van der Waals surface area contributed by atoms with Gasteiger partial charge in [-0.2, -0.15) is 23.1 Å². The molecule has 4 heterocycles. The molecule has 2 aromatic heterocycles. The van der Waals surface area contributed by atoms with Crippen LogP contribution >= 0.6 is 0 Å². The van der Waals surface area contributed by atoms with Crippen molar-refractivity contribution in [3.63, 3.8) is 0 Å². The van der Waals surface area contributed by atoms with Crippen molar-refractivity contribution in [1.29, 1.82) is 0 Å². The predicted octanol–water partition coefficient (Wildman–Crippen LogP) is 5.70. The Morgan fingerprint density at radius 3 is 2.00 bits per heavy atom. The summed E-state index contributed by atoms with van der Waals surface area (Å²) < 4.78 is 52.3. The number of halogens is 3. The highest BCUT2D eigenvalue weighted by Gasteiger charge is 2.52. The van der Waals surface area contributed by atoms with E-state index in [0.717, 1.165) is 11.1 Å². The number of ether oxygens (including phenoxy) is 2. The number of hydrogen-bond donors (Lipinski definition) is 4. The van der Waals surface area contributed by atoms with E-state index in [1.165, 1.54) is 10.9 Å². The summed E-state index contributed by atoms with van der Waals surface area (Å²) in [6.07, 6.45) is -9.54. The maximum Gasteiger partial charge on any atom is 0.490 e. The molecule has 0 bridgehead atoms. The van der Waals surface area contributed by atoms with E-state index >= 15 is 0 Å². The van der Waals surface area contributed by atoms with Crippen LogP contribution in [-0.4, -0.2) is 91.0 Å². The van der Waals surface area contributed by atoms with Crippen LogP contribution in [0.4, 0.5) is 24.9 Å². The summed E-state index contributed by atoms with van der Waals surface area (Å²) >= 11 is 0. The highest BCUT2D eigenvalue weighted by Crippen LogP contribution is 2.43. The molecule has 4 N–H and O–H groups in total. The minimum absolute atomic E-state index is 0.0842. The molecule has 2 saturated heterocycles. The number of nitrogens with one attached hydrogen (secondary N) is 1. The fraction of sp³-hybridized carbons (Fsp3) is 0.302. The highest BCUT2D eigenvalue weighted by atomic mass is 19.4. The van der Waals surface area contributed by atoms with Crippen LogP contribution in [-0.2, 0) is 19.9 Å². The standard InChI is InChI=1S/C43H41F3N6O6/c44-43(45,46)40(55)58-36-35(54)32(25-53)57-39(36)52-26-48-34-37(47-24-31(27-14-5-1-6-15-27)28-16-7-2-8-17-28)49-41(50-38(34)52)51-23-13-22-33(51)42(56,29-18-9-3-10-19-29)30-20-11-4-12-21-30/h1-12,14-21,26,31-33,35-36,39,53-54,56H,13,22-25H2,(H,47,49,50)/t32-,33-,35-,36-,39-/m1/s1. The number of aromatic nitrogens is 4. The zero-order valence-corrected chi connectivity index (χ0v) is 31.1. The number of hydrogen-bond acceptors (Lipinski definition) is 11. The van der Waals surface area contributed by atoms with E-state index in [-0.39, 0.29) is 28.8 Å². The number of rotatable bonds is 12. The number of aliphatic hydroxyl groups excluding tert-OH is 2. The molecular weight excluding hydrogens is 754 g/mol. The molecule has 0 unspecified atom stereocenters. The van der Waals surface area contributed by atoms with Gasteiger partial charge in [0.05, 0.1) is 19.0 Å². The summed E-state index contributed by atoms with van der Waals surface area (Å²) in [4.78, 5) is 28.6. The number of imidazole rings is 1. The van der Waals surface area contributed by atoms with Crippen molar-refractivity contribution in [2.45, 2.75) is 61.1 Å². The Hall–Kier alpha value is -5.87. The number of alkyl halides is 3. The van der Waals surface area contributed by atoms with Crippen molar-refractivity contribution in [2.24, 2.45) is 0 Å². The molecule has 8 rings (SSSR count). The number of benzene rings is 4. The van der Waals surface area contributed by atoms with Gasteiger partial charge in [-0.25, -0.2) is 9.78 Å². The van der Waals surface area contributed by atoms with Gasteiger partial charge in [-0.1, -0.05) is 121 Å². The van der Waals surface area contributed by atoms with Crippen LogP contribution < -0.4 is 10.2 Å². The van der Waals surface area contributed by atoms with E-state index in [1.54, 1.807) is 0 Å². The molecule has 15 heteroatoms. The maximum atomic E-state index is 13.5. The lowest BCUT2D eigenvalue weighted by molar-refractivity contribution is -0.211. The van der Waals surface area contributed by atoms with Crippen LogP contribution in [0.15, 0.2) is 128 Å². The molecule has 12 nitrogen and oxygen atoms in total. The Morgan fingerprint density at radius 2 is 1.45 bits per heavy atom. The summed E-state index contributed by atoms with van der Waals surface area (Å²) in [5.74, 6) is -2.21. The molecule has 58 heavy (non-hydrogen) atoms. The topological polar surface area (TPSA) is 155 Å². The van der Waals surface area contributed by atoms with Crippen molar-refractivity contribution in [3.8, 4) is 0 Å². The molecule has 0 spiro atoms. The van der Waals surface area contributed by atoms with Crippen molar-refractivity contribution in [2.75, 3.05) is 29.9 Å². The Balaban J connectivity index is 1.26. The zero-order valence-electron chi connectivity index (χ0n) is 31.1. The number of aliphatic hydroxyl groups is 3. The Kier molecular flexibility index (Phi) is 10.9. The van der Waals surface area contributed by atoms with Crippen LogP contribution in [0.25, 0.3) is 11.2 Å². The van der Waals surface area contributed by atoms with E-state index < -0.39 is 54.9 Å². The Labute approximate surface area is 331 Å². The fourth-order valence-electron chi connectivity index (χ4n) is 8.13. The molecule has 4 aromatic carbocycles. The minimum Gasteiger partial charge on any atom is -0.448 e. The molecule has 0 amide bonds. The largest absolute Gasteiger partial charge is 0.490 e. The van der Waals surface area contributed by atoms with Gasteiger partial charge in [-0.15, -0.1) is 0 Å². The average Bonchev–Trinajstić information content (AvgIpc) is 3.99. The molecule has 5 atom stereocenters. The van der Waals surface area contributed by atoms with E-state index in [9.17, 15) is 33.3 Å². The van der Waals surface area contributed by atoms with Crippen LogP contribution in [0.5, 0.6) is 0 Å². The maximum absolute atomic E-state index is 13.5. The highest BCUT2D eigenvalue weighted by molar-refractivity contribution is 5.85. The van der Waals surface area contributed by atoms with Gasteiger partial charge >= 0.3 is 12.1 Å². The molecule has 2 aliphatic rings. The van der Waals surface area contributed by atoms with Crippen LogP contribution in [0.1, 0.15) is 47.2 Å². The number of carbonyl (C=O) groups excluding carboxylic acids is 1. The van der Waals surface area contributed by atoms with Crippen LogP contribution in [0, 0.1) is 0 Å². The van der Waals surface area contributed by atoms with Crippen LogP contribution in [0.3, 0.4) is 0 Å². The van der Waals surface area contributed by atoms with Gasteiger partial charge in [0.1, 0.15) is 17.8 Å². The summed E-state index contributed by atoms with van der Waals surface area (Å²) in [6, 6.07) is 37.9. The second kappa shape index (κ2) is 16.2. The number of carbonyl (C=O) groups is 1. The second-order valence-corrected chi connectivity index (χ2v) is 14.4. The summed E-state index contributed by atoms with van der Waals surface area (Å²) in [6.45, 7) is 0.00902. The Bertz CT molecular complexity index is 2240. The fourth-order valence-corrected chi connectivity index (χ4v) is 8.13. The van der Waals surface area contributed by atoms with E-state index in [4.69, 9.17) is 19.4 Å². The lowest BCUT2D eigenvalue weighted by Gasteiger charge is -2.40. The van der Waals surface area contributed by atoms with Gasteiger partial charge in [0.2, 0.25) is 5.95 Å². The summed E-state index contributed by atoms with van der Waals surface area (Å²) in [5, 5.41) is 37.3.